The van der Waals surface area contributed by atoms with E-state index in [0.29, 0.717) is 17.0 Å². The normalized spacial score (nSPS) is 12.6. The van der Waals surface area contributed by atoms with Gasteiger partial charge in [0.05, 0.1) is 11.3 Å². The summed E-state index contributed by atoms with van der Waals surface area (Å²) in [6.45, 7) is 6.42. The SMILES string of the molecule is CC(=O)Nc1sccc1S(=O)(=O)/C(C#N)=C/c1cc(C(C)C)n(-c2ccccc2C(F)(F)F)c1C. The molecule has 11 heteroatoms. The molecule has 6 nitrogen and oxygen atoms in total. The van der Waals surface area contributed by atoms with Crippen molar-refractivity contribution in [2.24, 2.45) is 0 Å². The van der Waals surface area contributed by atoms with E-state index in [4.69, 9.17) is 0 Å². The Morgan fingerprint density at radius 3 is 2.46 bits per heavy atom. The number of rotatable bonds is 6. The van der Waals surface area contributed by atoms with Crippen molar-refractivity contribution >= 4 is 38.2 Å². The van der Waals surface area contributed by atoms with Gasteiger partial charge in [0, 0.05) is 18.3 Å². The van der Waals surface area contributed by atoms with Crippen LogP contribution in [0.3, 0.4) is 0 Å². The number of amides is 1. The number of aromatic nitrogens is 1. The molecule has 0 aliphatic heterocycles. The third kappa shape index (κ3) is 5.18. The van der Waals surface area contributed by atoms with E-state index in [1.54, 1.807) is 19.1 Å². The molecular formula is C24H22F3N3O3S2. The summed E-state index contributed by atoms with van der Waals surface area (Å²) >= 11 is 0.995. The van der Waals surface area contributed by atoms with Gasteiger partial charge < -0.3 is 9.88 Å². The smallest absolute Gasteiger partial charge is 0.317 e. The topological polar surface area (TPSA) is 92.0 Å². The van der Waals surface area contributed by atoms with Crippen LogP contribution in [0.15, 0.2) is 51.6 Å². The number of benzene rings is 1. The van der Waals surface area contributed by atoms with E-state index in [1.807, 2.05) is 13.8 Å². The van der Waals surface area contributed by atoms with Gasteiger partial charge in [-0.15, -0.1) is 11.3 Å². The largest absolute Gasteiger partial charge is 0.418 e. The van der Waals surface area contributed by atoms with Crippen LogP contribution in [0.25, 0.3) is 11.8 Å². The van der Waals surface area contributed by atoms with Gasteiger partial charge >= 0.3 is 6.18 Å². The Morgan fingerprint density at radius 2 is 1.89 bits per heavy atom. The Balaban J connectivity index is 2.23. The van der Waals surface area contributed by atoms with E-state index in [0.717, 1.165) is 23.5 Å². The Morgan fingerprint density at radius 1 is 1.23 bits per heavy atom. The summed E-state index contributed by atoms with van der Waals surface area (Å²) in [5, 5.41) is 13.7. The Bertz CT molecular complexity index is 1460. The number of thiophene rings is 1. The summed E-state index contributed by atoms with van der Waals surface area (Å²) in [5.74, 6) is -0.674. The standard InChI is InChI=1S/C24H22F3N3O3S2/c1-14(2)21-12-17(15(3)30(21)20-8-6-5-7-19(20)24(25,26)27)11-18(13-28)35(32,33)22-9-10-34-23(22)29-16(4)31/h5-12,14H,1-4H3,(H,29,31)/b18-11+. The zero-order valence-corrected chi connectivity index (χ0v) is 20.9. The summed E-state index contributed by atoms with van der Waals surface area (Å²) < 4.78 is 69.1. The van der Waals surface area contributed by atoms with Crippen molar-refractivity contribution in [3.8, 4) is 11.8 Å². The van der Waals surface area contributed by atoms with Crippen LogP contribution in [0.4, 0.5) is 18.2 Å². The van der Waals surface area contributed by atoms with Gasteiger partial charge in [-0.1, -0.05) is 26.0 Å². The lowest BCUT2D eigenvalue weighted by molar-refractivity contribution is -0.137. The zero-order valence-electron chi connectivity index (χ0n) is 19.3. The van der Waals surface area contributed by atoms with E-state index in [9.17, 15) is 31.6 Å². The monoisotopic (exact) mass is 521 g/mol. The highest BCUT2D eigenvalue weighted by molar-refractivity contribution is 7.96. The predicted molar refractivity (Wildman–Crippen MR) is 129 cm³/mol. The maximum absolute atomic E-state index is 13.7. The molecule has 35 heavy (non-hydrogen) atoms. The molecule has 0 spiro atoms. The Labute approximate surface area is 205 Å². The number of para-hydroxylation sites is 1. The molecule has 0 aliphatic carbocycles. The summed E-state index contributed by atoms with van der Waals surface area (Å²) in [4.78, 5) is 10.6. The van der Waals surface area contributed by atoms with E-state index in [2.05, 4.69) is 5.32 Å². The highest BCUT2D eigenvalue weighted by Crippen LogP contribution is 2.38. The quantitative estimate of drug-likeness (QED) is 0.386. The first-order valence-electron chi connectivity index (χ1n) is 10.4. The molecule has 0 aliphatic rings. The number of carbonyl (C=O) groups is 1. The molecule has 3 aromatic rings. The van der Waals surface area contributed by atoms with Crippen LogP contribution in [-0.2, 0) is 20.8 Å². The summed E-state index contributed by atoms with van der Waals surface area (Å²) in [5.41, 5.74) is 0.243. The lowest BCUT2D eigenvalue weighted by Crippen LogP contribution is -2.13. The zero-order chi connectivity index (χ0) is 26.1. The molecule has 0 atom stereocenters. The Kier molecular flexibility index (Phi) is 7.29. The van der Waals surface area contributed by atoms with Crippen molar-refractivity contribution in [2.45, 2.75) is 44.7 Å². The van der Waals surface area contributed by atoms with Gasteiger partial charge in [-0.05, 0) is 54.1 Å². The van der Waals surface area contributed by atoms with Crippen LogP contribution < -0.4 is 5.32 Å². The first-order chi connectivity index (χ1) is 16.3. The van der Waals surface area contributed by atoms with Crippen molar-refractivity contribution in [1.29, 1.82) is 5.26 Å². The number of sulfone groups is 1. The number of hydrogen-bond acceptors (Lipinski definition) is 5. The van der Waals surface area contributed by atoms with Crippen LogP contribution in [-0.4, -0.2) is 18.9 Å². The van der Waals surface area contributed by atoms with Crippen LogP contribution in [0.5, 0.6) is 0 Å². The highest BCUT2D eigenvalue weighted by atomic mass is 32.2. The first kappa shape index (κ1) is 26.2. The minimum absolute atomic E-state index is 0.0786. The van der Waals surface area contributed by atoms with Gasteiger partial charge in [-0.25, -0.2) is 8.42 Å². The summed E-state index contributed by atoms with van der Waals surface area (Å²) in [6.07, 6.45) is -3.45. The molecule has 2 heterocycles. The van der Waals surface area contributed by atoms with Crippen molar-refractivity contribution in [1.82, 2.24) is 4.57 Å². The molecule has 0 radical (unpaired) electrons. The molecular weight excluding hydrogens is 499 g/mol. The van der Waals surface area contributed by atoms with Crippen LogP contribution >= 0.6 is 11.3 Å². The molecule has 3 rings (SSSR count). The van der Waals surface area contributed by atoms with Crippen molar-refractivity contribution in [3.05, 3.63) is 69.2 Å². The molecule has 2 aromatic heterocycles. The fourth-order valence-corrected chi connectivity index (χ4v) is 6.11. The number of allylic oxidation sites excluding steroid dienone is 1. The van der Waals surface area contributed by atoms with Crippen molar-refractivity contribution in [2.75, 3.05) is 5.32 Å². The fraction of sp³-hybridized carbons (Fsp3) is 0.250. The Hall–Kier alpha value is -3.36. The average Bonchev–Trinajstić information content (AvgIpc) is 3.35. The van der Waals surface area contributed by atoms with E-state index >= 15 is 0 Å². The van der Waals surface area contributed by atoms with Crippen LogP contribution in [0.1, 0.15) is 49.2 Å². The maximum atomic E-state index is 13.7. The average molecular weight is 522 g/mol. The molecule has 0 unspecified atom stereocenters. The number of carbonyl (C=O) groups excluding carboxylic acids is 1. The van der Waals surface area contributed by atoms with Gasteiger partial charge in [0.2, 0.25) is 15.7 Å². The van der Waals surface area contributed by atoms with Crippen LogP contribution in [0.2, 0.25) is 0 Å². The minimum atomic E-state index is -4.60. The van der Waals surface area contributed by atoms with Gasteiger partial charge in [0.25, 0.3) is 0 Å². The highest BCUT2D eigenvalue weighted by Gasteiger charge is 2.35. The number of alkyl halides is 3. The number of nitrogens with one attached hydrogen (secondary N) is 1. The third-order valence-corrected chi connectivity index (χ3v) is 7.92. The minimum Gasteiger partial charge on any atom is -0.317 e. The predicted octanol–water partition coefficient (Wildman–Crippen LogP) is 6.29. The second-order valence-electron chi connectivity index (χ2n) is 8.03. The number of nitrogens with zero attached hydrogens (tertiary/aromatic N) is 2. The number of anilines is 1. The molecule has 1 amide bonds. The second-order valence-corrected chi connectivity index (χ2v) is 10.8. The number of hydrogen-bond donors (Lipinski definition) is 1. The van der Waals surface area contributed by atoms with Crippen molar-refractivity contribution in [3.63, 3.8) is 0 Å². The fourth-order valence-electron chi connectivity index (χ4n) is 3.64. The maximum Gasteiger partial charge on any atom is 0.418 e. The molecule has 184 valence electrons. The number of halogens is 3. The summed E-state index contributed by atoms with van der Waals surface area (Å²) in [7, 11) is -4.31. The van der Waals surface area contributed by atoms with E-state index < -0.39 is 32.4 Å². The van der Waals surface area contributed by atoms with Crippen molar-refractivity contribution < 1.29 is 26.4 Å². The molecule has 0 bridgehead atoms. The third-order valence-electron chi connectivity index (χ3n) is 5.25. The number of nitriles is 1. The molecule has 0 saturated heterocycles. The van der Waals surface area contributed by atoms with Gasteiger partial charge in [0.15, 0.2) is 0 Å². The molecule has 1 aromatic carbocycles. The lowest BCUT2D eigenvalue weighted by Gasteiger charge is -2.19. The first-order valence-corrected chi connectivity index (χ1v) is 12.8. The van der Waals surface area contributed by atoms with Gasteiger partial charge in [-0.2, -0.15) is 18.4 Å². The molecule has 0 saturated carbocycles. The van der Waals surface area contributed by atoms with E-state index in [-0.39, 0.29) is 21.5 Å². The van der Waals surface area contributed by atoms with E-state index in [1.165, 1.54) is 41.1 Å². The summed E-state index contributed by atoms with van der Waals surface area (Å²) in [6, 6.07) is 9.70. The second kappa shape index (κ2) is 9.71. The lowest BCUT2D eigenvalue weighted by atomic mass is 10.1. The van der Waals surface area contributed by atoms with Crippen LogP contribution in [0, 0.1) is 18.3 Å². The van der Waals surface area contributed by atoms with Gasteiger partial charge in [0.1, 0.15) is 20.9 Å². The van der Waals surface area contributed by atoms with Gasteiger partial charge in [-0.3, -0.25) is 4.79 Å². The molecule has 0 fully saturated rings. The molecule has 1 N–H and O–H groups in total.